The Morgan fingerprint density at radius 2 is 1.92 bits per heavy atom. The van der Waals surface area contributed by atoms with Crippen LogP contribution in [0.5, 0.6) is 5.75 Å². The van der Waals surface area contributed by atoms with Crippen LogP contribution >= 0.6 is 0 Å². The Bertz CT molecular complexity index is 1240. The number of rotatable bonds is 11. The number of anilines is 1. The number of hydrogen-bond acceptors (Lipinski definition) is 4. The second-order valence-corrected chi connectivity index (χ2v) is 9.96. The number of nitrogens with zero attached hydrogens (tertiary/aromatic N) is 5. The molecule has 0 bridgehead atoms. The molecule has 1 fully saturated rings. The van der Waals surface area contributed by atoms with Crippen LogP contribution in [0.3, 0.4) is 0 Å². The Labute approximate surface area is 219 Å². The fraction of sp³-hybridized carbons (Fsp3) is 0.483. The van der Waals surface area contributed by atoms with Crippen molar-refractivity contribution < 1.29 is 14.3 Å². The molecule has 0 spiro atoms. The number of aryl methyl sites for hydroxylation is 1. The maximum Gasteiger partial charge on any atom is 0.324 e. The molecule has 0 atom stereocenters. The van der Waals surface area contributed by atoms with Crippen molar-refractivity contribution in [2.45, 2.75) is 58.5 Å². The van der Waals surface area contributed by atoms with Crippen molar-refractivity contribution in [1.82, 2.24) is 19.4 Å². The van der Waals surface area contributed by atoms with E-state index < -0.39 is 0 Å². The zero-order valence-corrected chi connectivity index (χ0v) is 22.6. The molecular weight excluding hydrogens is 466 g/mol. The minimum atomic E-state index is 0.00998. The number of carbonyl (C=O) groups excluding carboxylic acids is 2. The number of urea groups is 1. The Balaban J connectivity index is 1.51. The number of carbonyl (C=O) groups is 2. The van der Waals surface area contributed by atoms with Gasteiger partial charge in [0, 0.05) is 57.2 Å². The molecule has 3 aromatic rings. The van der Waals surface area contributed by atoms with E-state index in [9.17, 15) is 9.59 Å². The van der Waals surface area contributed by atoms with E-state index in [4.69, 9.17) is 4.74 Å². The summed E-state index contributed by atoms with van der Waals surface area (Å²) in [5.74, 6) is 0.897. The van der Waals surface area contributed by atoms with Crippen LogP contribution < -0.4 is 9.64 Å². The van der Waals surface area contributed by atoms with E-state index >= 15 is 0 Å². The second-order valence-electron chi connectivity index (χ2n) is 9.96. The molecule has 0 radical (unpaired) electrons. The number of hydrogen-bond donors (Lipinski definition) is 0. The fourth-order valence-corrected chi connectivity index (χ4v) is 4.94. The Morgan fingerprint density at radius 1 is 1.08 bits per heavy atom. The van der Waals surface area contributed by atoms with Gasteiger partial charge in [-0.3, -0.25) is 9.69 Å². The van der Waals surface area contributed by atoms with Gasteiger partial charge in [-0.1, -0.05) is 26.2 Å². The van der Waals surface area contributed by atoms with Gasteiger partial charge >= 0.3 is 6.03 Å². The third-order valence-electron chi connectivity index (χ3n) is 7.10. The average Bonchev–Trinajstić information content (AvgIpc) is 3.31. The quantitative estimate of drug-likeness (QED) is 0.341. The van der Waals surface area contributed by atoms with Gasteiger partial charge in [0.2, 0.25) is 5.91 Å². The number of fused-ring (bicyclic) bond motifs is 1. The molecule has 0 aliphatic carbocycles. The highest BCUT2D eigenvalue weighted by atomic mass is 16.5. The first-order valence-electron chi connectivity index (χ1n) is 13.3. The van der Waals surface area contributed by atoms with Crippen LogP contribution in [0.4, 0.5) is 10.5 Å². The van der Waals surface area contributed by atoms with Gasteiger partial charge in [0.05, 0.1) is 7.11 Å². The van der Waals surface area contributed by atoms with Gasteiger partial charge in [0.25, 0.3) is 0 Å². The number of pyridine rings is 1. The van der Waals surface area contributed by atoms with Crippen molar-refractivity contribution in [3.8, 4) is 5.75 Å². The minimum absolute atomic E-state index is 0.00998. The average molecular weight is 506 g/mol. The maximum absolute atomic E-state index is 13.6. The number of ether oxygens (including phenoxy) is 1. The van der Waals surface area contributed by atoms with Gasteiger partial charge < -0.3 is 19.1 Å². The number of amides is 3. The lowest BCUT2D eigenvalue weighted by Gasteiger charge is -2.36. The Hall–Kier alpha value is -3.55. The van der Waals surface area contributed by atoms with Crippen molar-refractivity contribution in [2.24, 2.45) is 0 Å². The summed E-state index contributed by atoms with van der Waals surface area (Å²) in [6.45, 7) is 4.36. The Kier molecular flexibility index (Phi) is 8.69. The zero-order valence-electron chi connectivity index (χ0n) is 22.6. The lowest BCUT2D eigenvalue weighted by Crippen LogP contribution is -2.49. The molecule has 1 aliphatic heterocycles. The van der Waals surface area contributed by atoms with Crippen molar-refractivity contribution in [1.29, 1.82) is 0 Å². The third-order valence-corrected chi connectivity index (χ3v) is 7.10. The highest BCUT2D eigenvalue weighted by Crippen LogP contribution is 2.30. The summed E-state index contributed by atoms with van der Waals surface area (Å²) in [5, 5.41) is 0.970. The third kappa shape index (κ3) is 6.06. The number of methoxy groups -OCH3 is 1. The molecule has 0 saturated carbocycles. The van der Waals surface area contributed by atoms with Crippen LogP contribution in [0.25, 0.3) is 11.0 Å². The van der Waals surface area contributed by atoms with Gasteiger partial charge in [0.1, 0.15) is 17.9 Å². The molecule has 1 aliphatic rings. The van der Waals surface area contributed by atoms with E-state index in [1.165, 1.54) is 19.3 Å². The molecule has 2 aromatic heterocycles. The SMILES string of the molecule is CCCCCCc1cc(N2CCCN(Cc3ccnc4c3ccn4CC(=O)N(C)C)C2=O)ccc1OC. The summed E-state index contributed by atoms with van der Waals surface area (Å²) < 4.78 is 7.47. The molecular formula is C29H39N5O3. The lowest BCUT2D eigenvalue weighted by molar-refractivity contribution is -0.129. The summed E-state index contributed by atoms with van der Waals surface area (Å²) >= 11 is 0. The summed E-state index contributed by atoms with van der Waals surface area (Å²) in [6, 6.07) is 10.1. The predicted molar refractivity (Wildman–Crippen MR) is 147 cm³/mol. The van der Waals surface area contributed by atoms with E-state index in [1.807, 2.05) is 44.8 Å². The summed E-state index contributed by atoms with van der Waals surface area (Å²) in [7, 11) is 5.20. The second kappa shape index (κ2) is 12.1. The van der Waals surface area contributed by atoms with Gasteiger partial charge in [-0.05, 0) is 60.7 Å². The predicted octanol–water partition coefficient (Wildman–Crippen LogP) is 5.09. The molecule has 4 rings (SSSR count). The normalized spacial score (nSPS) is 13.9. The summed E-state index contributed by atoms with van der Waals surface area (Å²) in [4.78, 5) is 35.7. The van der Waals surface area contributed by atoms with E-state index in [1.54, 1.807) is 32.3 Å². The number of aromatic nitrogens is 2. The maximum atomic E-state index is 13.6. The highest BCUT2D eigenvalue weighted by Gasteiger charge is 2.28. The number of likely N-dealkylation sites (N-methyl/N-ethyl adjacent to an activating group) is 1. The van der Waals surface area contributed by atoms with Crippen LogP contribution in [-0.2, 0) is 24.3 Å². The first kappa shape index (κ1) is 26.5. The summed E-state index contributed by atoms with van der Waals surface area (Å²) in [6.07, 6.45) is 10.3. The molecule has 1 aromatic carbocycles. The summed E-state index contributed by atoms with van der Waals surface area (Å²) in [5.41, 5.74) is 3.87. The monoisotopic (exact) mass is 505 g/mol. The van der Waals surface area contributed by atoms with E-state index in [0.717, 1.165) is 52.9 Å². The molecule has 3 amide bonds. The van der Waals surface area contributed by atoms with Gasteiger partial charge in [-0.15, -0.1) is 0 Å². The molecule has 0 N–H and O–H groups in total. The van der Waals surface area contributed by atoms with Gasteiger partial charge in [0.15, 0.2) is 0 Å². The number of unbranched alkanes of at least 4 members (excludes halogenated alkanes) is 3. The van der Waals surface area contributed by atoms with Crippen LogP contribution in [0.15, 0.2) is 42.7 Å². The van der Waals surface area contributed by atoms with Crippen LogP contribution in [0, 0.1) is 0 Å². The van der Waals surface area contributed by atoms with Crippen molar-refractivity contribution in [3.05, 3.63) is 53.9 Å². The van der Waals surface area contributed by atoms with E-state index in [0.29, 0.717) is 19.6 Å². The lowest BCUT2D eigenvalue weighted by atomic mass is 10.0. The zero-order chi connectivity index (χ0) is 26.4. The van der Waals surface area contributed by atoms with Crippen LogP contribution in [0.2, 0.25) is 0 Å². The largest absolute Gasteiger partial charge is 0.496 e. The Morgan fingerprint density at radius 3 is 2.68 bits per heavy atom. The molecule has 3 heterocycles. The highest BCUT2D eigenvalue weighted by molar-refractivity contribution is 5.93. The molecule has 8 heteroatoms. The molecule has 37 heavy (non-hydrogen) atoms. The molecule has 0 unspecified atom stereocenters. The van der Waals surface area contributed by atoms with E-state index in [2.05, 4.69) is 18.0 Å². The van der Waals surface area contributed by atoms with E-state index in [-0.39, 0.29) is 18.5 Å². The van der Waals surface area contributed by atoms with Gasteiger partial charge in [-0.2, -0.15) is 0 Å². The minimum Gasteiger partial charge on any atom is -0.496 e. The molecule has 8 nitrogen and oxygen atoms in total. The van der Waals surface area contributed by atoms with Crippen molar-refractivity contribution >= 4 is 28.7 Å². The fourth-order valence-electron chi connectivity index (χ4n) is 4.94. The number of benzene rings is 1. The van der Waals surface area contributed by atoms with Crippen LogP contribution in [0.1, 0.15) is 50.2 Å². The molecule has 198 valence electrons. The first-order chi connectivity index (χ1) is 17.9. The first-order valence-corrected chi connectivity index (χ1v) is 13.3. The van der Waals surface area contributed by atoms with Crippen LogP contribution in [-0.4, -0.2) is 65.6 Å². The van der Waals surface area contributed by atoms with Gasteiger partial charge in [-0.25, -0.2) is 9.78 Å². The van der Waals surface area contributed by atoms with Crippen molar-refractivity contribution in [2.75, 3.05) is 39.2 Å². The standard InChI is InChI=1S/C29H39N5O3/c1-5-6-7-8-10-22-19-24(11-12-26(22)37-4)34-17-9-16-33(29(34)36)20-23-13-15-30-28-25(23)14-18-32(28)21-27(35)31(2)3/h11-15,18-19H,5-10,16-17,20-21H2,1-4H3. The molecule has 1 saturated heterocycles. The smallest absolute Gasteiger partial charge is 0.324 e. The topological polar surface area (TPSA) is 70.9 Å². The van der Waals surface area contributed by atoms with Crippen molar-refractivity contribution in [3.63, 3.8) is 0 Å².